The maximum atomic E-state index is 14.2. The molecule has 1 aliphatic rings. The van der Waals surface area contributed by atoms with Gasteiger partial charge in [-0.25, -0.2) is 8.78 Å². The Hall–Kier alpha value is -2.09. The van der Waals surface area contributed by atoms with Gasteiger partial charge in [0.25, 0.3) is 5.91 Å². The molecule has 2 amide bonds. The van der Waals surface area contributed by atoms with Crippen LogP contribution >= 0.6 is 12.2 Å². The highest BCUT2D eigenvalue weighted by Crippen LogP contribution is 2.32. The van der Waals surface area contributed by atoms with Gasteiger partial charge in [0.2, 0.25) is 5.91 Å². The van der Waals surface area contributed by atoms with E-state index >= 15 is 0 Å². The van der Waals surface area contributed by atoms with Gasteiger partial charge in [-0.1, -0.05) is 12.2 Å². The van der Waals surface area contributed by atoms with Crippen molar-refractivity contribution in [3.63, 3.8) is 0 Å². The van der Waals surface area contributed by atoms with Crippen molar-refractivity contribution in [1.29, 1.82) is 0 Å². The van der Waals surface area contributed by atoms with Crippen LogP contribution in [0.5, 0.6) is 0 Å². The molecule has 8 heteroatoms. The van der Waals surface area contributed by atoms with Crippen molar-refractivity contribution in [3.8, 4) is 0 Å². The number of piperazine rings is 1. The Kier molecular flexibility index (Phi) is 3.66. The normalized spacial score (nSPS) is 17.6. The standard InChI is InChI=1S/C13H13F2N3O2S/c1-13(2)12(20)17-9(19)5-18(13)10-7(14)3-6(11(16)21)4-8(10)15/h3-4H,5H2,1-2H3,(H2,16,21)(H,17,19,20). The van der Waals surface area contributed by atoms with Crippen LogP contribution < -0.4 is 16.0 Å². The summed E-state index contributed by atoms with van der Waals surface area (Å²) in [5.74, 6) is -3.13. The molecule has 0 bridgehead atoms. The van der Waals surface area contributed by atoms with Gasteiger partial charge in [0.05, 0.1) is 6.54 Å². The van der Waals surface area contributed by atoms with Gasteiger partial charge in [-0.3, -0.25) is 14.9 Å². The smallest absolute Gasteiger partial charge is 0.251 e. The van der Waals surface area contributed by atoms with E-state index in [9.17, 15) is 18.4 Å². The van der Waals surface area contributed by atoms with Crippen LogP contribution in [0.1, 0.15) is 19.4 Å². The number of nitrogens with zero attached hydrogens (tertiary/aromatic N) is 1. The molecule has 0 atom stereocenters. The predicted octanol–water partition coefficient (Wildman–Crippen LogP) is 0.840. The van der Waals surface area contributed by atoms with Crippen LogP contribution in [0.4, 0.5) is 14.5 Å². The zero-order valence-electron chi connectivity index (χ0n) is 11.4. The second-order valence-corrected chi connectivity index (χ2v) is 5.62. The summed E-state index contributed by atoms with van der Waals surface area (Å²) in [6.45, 7) is 2.60. The zero-order chi connectivity index (χ0) is 15.9. The quantitative estimate of drug-likeness (QED) is 0.625. The molecule has 2 rings (SSSR count). The zero-order valence-corrected chi connectivity index (χ0v) is 12.2. The molecule has 0 aromatic heterocycles. The average Bonchev–Trinajstić information content (AvgIpc) is 2.34. The third-order valence-electron chi connectivity index (χ3n) is 3.36. The van der Waals surface area contributed by atoms with E-state index in [4.69, 9.17) is 5.73 Å². The SMILES string of the molecule is CC1(C)C(=O)NC(=O)CN1c1c(F)cc(C(N)=S)cc1F. The minimum Gasteiger partial charge on any atom is -0.389 e. The van der Waals surface area contributed by atoms with Gasteiger partial charge < -0.3 is 10.6 Å². The fourth-order valence-electron chi connectivity index (χ4n) is 2.11. The number of hydrogen-bond acceptors (Lipinski definition) is 4. The van der Waals surface area contributed by atoms with Gasteiger partial charge in [-0.2, -0.15) is 0 Å². The molecule has 0 unspecified atom stereocenters. The Morgan fingerprint density at radius 3 is 2.33 bits per heavy atom. The van der Waals surface area contributed by atoms with Gasteiger partial charge >= 0.3 is 0 Å². The Labute approximate surface area is 125 Å². The molecule has 21 heavy (non-hydrogen) atoms. The monoisotopic (exact) mass is 313 g/mol. The molecular weight excluding hydrogens is 300 g/mol. The molecular formula is C13H13F2N3O2S. The van der Waals surface area contributed by atoms with Gasteiger partial charge in [0.15, 0.2) is 0 Å². The summed E-state index contributed by atoms with van der Waals surface area (Å²) in [6, 6.07) is 1.96. The Morgan fingerprint density at radius 1 is 1.33 bits per heavy atom. The van der Waals surface area contributed by atoms with E-state index in [0.29, 0.717) is 0 Å². The second-order valence-electron chi connectivity index (χ2n) is 5.18. The summed E-state index contributed by atoms with van der Waals surface area (Å²) in [5, 5.41) is 2.13. The van der Waals surface area contributed by atoms with Gasteiger partial charge in [0.1, 0.15) is 27.8 Å². The highest BCUT2D eigenvalue weighted by Gasteiger charge is 2.43. The number of halogens is 2. The maximum Gasteiger partial charge on any atom is 0.251 e. The first kappa shape index (κ1) is 15.3. The first-order valence-corrected chi connectivity index (χ1v) is 6.46. The number of thiocarbonyl (C=S) groups is 1. The van der Waals surface area contributed by atoms with Crippen LogP contribution in [0, 0.1) is 11.6 Å². The number of carbonyl (C=O) groups is 2. The number of nitrogens with two attached hydrogens (primary N) is 1. The van der Waals surface area contributed by atoms with E-state index in [-0.39, 0.29) is 17.1 Å². The molecule has 1 aromatic rings. The maximum absolute atomic E-state index is 14.2. The van der Waals surface area contributed by atoms with E-state index in [1.807, 2.05) is 0 Å². The number of hydrogen-bond donors (Lipinski definition) is 2. The van der Waals surface area contributed by atoms with Crippen LogP contribution in [-0.2, 0) is 9.59 Å². The molecule has 1 fully saturated rings. The number of imide groups is 1. The molecule has 1 saturated heterocycles. The first-order valence-electron chi connectivity index (χ1n) is 6.05. The molecule has 1 heterocycles. The molecule has 112 valence electrons. The number of anilines is 1. The lowest BCUT2D eigenvalue weighted by molar-refractivity contribution is -0.135. The van der Waals surface area contributed by atoms with Crippen molar-refractivity contribution in [2.24, 2.45) is 5.73 Å². The molecule has 0 saturated carbocycles. The van der Waals surface area contributed by atoms with Gasteiger partial charge in [0, 0.05) is 5.56 Å². The van der Waals surface area contributed by atoms with Crippen molar-refractivity contribution >= 4 is 34.7 Å². The van der Waals surface area contributed by atoms with Crippen molar-refractivity contribution in [1.82, 2.24) is 5.32 Å². The third kappa shape index (κ3) is 2.58. The van der Waals surface area contributed by atoms with Crippen LogP contribution in [0.15, 0.2) is 12.1 Å². The number of amides is 2. The molecule has 5 nitrogen and oxygen atoms in total. The second kappa shape index (κ2) is 5.03. The van der Waals surface area contributed by atoms with Crippen LogP contribution in [0.3, 0.4) is 0 Å². The number of benzene rings is 1. The summed E-state index contributed by atoms with van der Waals surface area (Å²) < 4.78 is 28.4. The van der Waals surface area contributed by atoms with Crippen molar-refractivity contribution in [3.05, 3.63) is 29.3 Å². The highest BCUT2D eigenvalue weighted by atomic mass is 32.1. The lowest BCUT2D eigenvalue weighted by atomic mass is 9.97. The van der Waals surface area contributed by atoms with Crippen molar-refractivity contribution in [2.75, 3.05) is 11.4 Å². The fraction of sp³-hybridized carbons (Fsp3) is 0.308. The number of carbonyl (C=O) groups excluding carboxylic acids is 2. The number of nitrogens with one attached hydrogen (secondary N) is 1. The minimum atomic E-state index is -1.28. The van der Waals surface area contributed by atoms with E-state index in [0.717, 1.165) is 17.0 Å². The topological polar surface area (TPSA) is 75.4 Å². The molecule has 0 spiro atoms. The summed E-state index contributed by atoms with van der Waals surface area (Å²) in [4.78, 5) is 24.3. The molecule has 1 aliphatic heterocycles. The van der Waals surface area contributed by atoms with Crippen LogP contribution in [-0.4, -0.2) is 28.9 Å². The van der Waals surface area contributed by atoms with E-state index in [1.165, 1.54) is 13.8 Å². The minimum absolute atomic E-state index is 0.0364. The lowest BCUT2D eigenvalue weighted by Gasteiger charge is -2.41. The van der Waals surface area contributed by atoms with Crippen LogP contribution in [0.25, 0.3) is 0 Å². The number of rotatable bonds is 2. The summed E-state index contributed by atoms with van der Waals surface area (Å²) in [6.07, 6.45) is 0. The summed E-state index contributed by atoms with van der Waals surface area (Å²) in [7, 11) is 0. The third-order valence-corrected chi connectivity index (χ3v) is 3.59. The predicted molar refractivity (Wildman–Crippen MR) is 76.8 cm³/mol. The fourth-order valence-corrected chi connectivity index (χ4v) is 2.22. The van der Waals surface area contributed by atoms with E-state index in [2.05, 4.69) is 17.5 Å². The van der Waals surface area contributed by atoms with Crippen LogP contribution in [0.2, 0.25) is 0 Å². The van der Waals surface area contributed by atoms with Gasteiger partial charge in [-0.15, -0.1) is 0 Å². The highest BCUT2D eigenvalue weighted by molar-refractivity contribution is 7.80. The summed E-state index contributed by atoms with van der Waals surface area (Å²) in [5.41, 5.74) is 3.65. The average molecular weight is 313 g/mol. The Morgan fingerprint density at radius 2 is 1.86 bits per heavy atom. The molecule has 0 aliphatic carbocycles. The molecule has 1 aromatic carbocycles. The van der Waals surface area contributed by atoms with E-state index in [1.54, 1.807) is 0 Å². The Balaban J connectivity index is 2.57. The molecule has 3 N–H and O–H groups in total. The first-order chi connectivity index (χ1) is 9.64. The van der Waals surface area contributed by atoms with Crippen molar-refractivity contribution in [2.45, 2.75) is 19.4 Å². The van der Waals surface area contributed by atoms with Crippen molar-refractivity contribution < 1.29 is 18.4 Å². The molecule has 0 radical (unpaired) electrons. The largest absolute Gasteiger partial charge is 0.389 e. The summed E-state index contributed by atoms with van der Waals surface area (Å²) >= 11 is 4.68. The lowest BCUT2D eigenvalue weighted by Crippen LogP contribution is -2.64. The Bertz CT molecular complexity index is 638. The van der Waals surface area contributed by atoms with E-state index < -0.39 is 34.7 Å². The van der Waals surface area contributed by atoms with Gasteiger partial charge in [-0.05, 0) is 26.0 Å².